The Morgan fingerprint density at radius 3 is 2.63 bits per heavy atom. The van der Waals surface area contributed by atoms with Gasteiger partial charge in [-0.05, 0) is 42.3 Å². The molecule has 1 heterocycles. The highest BCUT2D eigenvalue weighted by Gasteiger charge is 2.02. The summed E-state index contributed by atoms with van der Waals surface area (Å²) in [5, 5.41) is 13.9. The van der Waals surface area contributed by atoms with Crippen LogP contribution in [0.15, 0.2) is 54.7 Å². The molecule has 0 fully saturated rings. The van der Waals surface area contributed by atoms with Crippen LogP contribution in [0.4, 0.5) is 5.69 Å². The van der Waals surface area contributed by atoms with Gasteiger partial charge in [-0.2, -0.15) is 0 Å². The minimum atomic E-state index is 0.294. The Hall–Kier alpha value is -2.42. The van der Waals surface area contributed by atoms with E-state index in [9.17, 15) is 5.11 Å². The Bertz CT molecular complexity index is 671. The van der Waals surface area contributed by atoms with E-state index in [1.165, 1.54) is 16.5 Å². The number of rotatable bonds is 4. The van der Waals surface area contributed by atoms with E-state index in [1.54, 1.807) is 12.1 Å². The van der Waals surface area contributed by atoms with Gasteiger partial charge in [-0.1, -0.05) is 18.2 Å². The highest BCUT2D eigenvalue weighted by molar-refractivity contribution is 5.83. The van der Waals surface area contributed by atoms with Crippen LogP contribution in [0.1, 0.15) is 5.56 Å². The second-order valence-corrected chi connectivity index (χ2v) is 4.58. The summed E-state index contributed by atoms with van der Waals surface area (Å²) in [7, 11) is 0. The molecule has 19 heavy (non-hydrogen) atoms. The van der Waals surface area contributed by atoms with E-state index >= 15 is 0 Å². The molecule has 0 saturated heterocycles. The number of para-hydroxylation sites is 1. The maximum absolute atomic E-state index is 9.22. The van der Waals surface area contributed by atoms with Crippen LogP contribution in [0, 0.1) is 0 Å². The highest BCUT2D eigenvalue weighted by atomic mass is 16.3. The van der Waals surface area contributed by atoms with E-state index < -0.39 is 0 Å². The predicted octanol–water partition coefficient (Wildman–Crippen LogP) is 3.53. The quantitative estimate of drug-likeness (QED) is 0.622. The normalized spacial score (nSPS) is 10.7. The van der Waals surface area contributed by atoms with Crippen LogP contribution in [-0.4, -0.2) is 16.6 Å². The molecule has 0 amide bonds. The summed E-state index contributed by atoms with van der Waals surface area (Å²) < 4.78 is 0. The number of H-pyrrole nitrogens is 1. The zero-order chi connectivity index (χ0) is 13.1. The third kappa shape index (κ3) is 2.55. The van der Waals surface area contributed by atoms with E-state index in [2.05, 4.69) is 34.7 Å². The van der Waals surface area contributed by atoms with Gasteiger partial charge in [0, 0.05) is 29.3 Å². The lowest BCUT2D eigenvalue weighted by Gasteiger charge is -2.05. The lowest BCUT2D eigenvalue weighted by molar-refractivity contribution is 0.475. The fourth-order valence-corrected chi connectivity index (χ4v) is 2.26. The van der Waals surface area contributed by atoms with E-state index in [4.69, 9.17) is 0 Å². The van der Waals surface area contributed by atoms with Crippen LogP contribution in [0.5, 0.6) is 5.75 Å². The third-order valence-corrected chi connectivity index (χ3v) is 3.27. The molecule has 0 unspecified atom stereocenters. The number of aromatic amines is 1. The number of aromatic hydroxyl groups is 1. The van der Waals surface area contributed by atoms with Crippen molar-refractivity contribution in [2.75, 3.05) is 11.9 Å². The van der Waals surface area contributed by atoms with Crippen LogP contribution in [0.25, 0.3) is 10.9 Å². The Balaban J connectivity index is 1.65. The molecule has 3 nitrogen and oxygen atoms in total. The molecule has 0 radical (unpaired) electrons. The lowest BCUT2D eigenvalue weighted by Crippen LogP contribution is -2.04. The number of hydrogen-bond donors (Lipinski definition) is 3. The van der Waals surface area contributed by atoms with E-state index in [0.29, 0.717) is 5.75 Å². The van der Waals surface area contributed by atoms with Crippen LogP contribution in [-0.2, 0) is 6.42 Å². The highest BCUT2D eigenvalue weighted by Crippen LogP contribution is 2.18. The second-order valence-electron chi connectivity index (χ2n) is 4.58. The first-order valence-electron chi connectivity index (χ1n) is 6.41. The molecule has 3 rings (SSSR count). The number of aromatic nitrogens is 1. The third-order valence-electron chi connectivity index (χ3n) is 3.27. The Kier molecular flexibility index (Phi) is 3.11. The summed E-state index contributed by atoms with van der Waals surface area (Å²) in [6, 6.07) is 15.5. The van der Waals surface area contributed by atoms with Crippen LogP contribution in [0.3, 0.4) is 0 Å². The molecule has 0 atom stereocenters. The number of benzene rings is 2. The molecule has 0 bridgehead atoms. The molecule has 0 saturated carbocycles. The number of phenols is 1. The summed E-state index contributed by atoms with van der Waals surface area (Å²) in [4.78, 5) is 3.28. The number of hydrogen-bond acceptors (Lipinski definition) is 2. The number of anilines is 1. The summed E-state index contributed by atoms with van der Waals surface area (Å²) in [5.74, 6) is 0.294. The molecule has 3 heteroatoms. The molecule has 1 aromatic heterocycles. The van der Waals surface area contributed by atoms with E-state index in [-0.39, 0.29) is 0 Å². The molecule has 96 valence electrons. The van der Waals surface area contributed by atoms with Crippen molar-refractivity contribution in [2.45, 2.75) is 6.42 Å². The van der Waals surface area contributed by atoms with Crippen molar-refractivity contribution in [1.82, 2.24) is 4.98 Å². The standard InChI is InChI=1S/C16H16N2O/c19-14-7-5-13(6-8-14)17-10-9-12-11-18-16-4-2-1-3-15(12)16/h1-8,11,17-19H,9-10H2. The Morgan fingerprint density at radius 2 is 1.79 bits per heavy atom. The van der Waals surface area contributed by atoms with Gasteiger partial charge in [-0.25, -0.2) is 0 Å². The van der Waals surface area contributed by atoms with Gasteiger partial charge < -0.3 is 15.4 Å². The Labute approximate surface area is 111 Å². The van der Waals surface area contributed by atoms with Crippen molar-refractivity contribution >= 4 is 16.6 Å². The monoisotopic (exact) mass is 252 g/mol. The summed E-state index contributed by atoms with van der Waals surface area (Å²) in [6.45, 7) is 0.868. The fraction of sp³-hybridized carbons (Fsp3) is 0.125. The zero-order valence-electron chi connectivity index (χ0n) is 10.6. The molecule has 3 N–H and O–H groups in total. The minimum Gasteiger partial charge on any atom is -0.508 e. The van der Waals surface area contributed by atoms with Crippen molar-refractivity contribution < 1.29 is 5.11 Å². The van der Waals surface area contributed by atoms with Crippen molar-refractivity contribution in [2.24, 2.45) is 0 Å². The molecular formula is C16H16N2O. The predicted molar refractivity (Wildman–Crippen MR) is 78.6 cm³/mol. The molecule has 0 aliphatic carbocycles. The van der Waals surface area contributed by atoms with Gasteiger partial charge in [-0.15, -0.1) is 0 Å². The van der Waals surface area contributed by atoms with Gasteiger partial charge in [0.05, 0.1) is 0 Å². The number of phenolic OH excluding ortho intramolecular Hbond substituents is 1. The van der Waals surface area contributed by atoms with Crippen molar-refractivity contribution in [3.63, 3.8) is 0 Å². The average molecular weight is 252 g/mol. The smallest absolute Gasteiger partial charge is 0.115 e. The van der Waals surface area contributed by atoms with Crippen molar-refractivity contribution in [3.05, 3.63) is 60.3 Å². The molecule has 2 aromatic carbocycles. The maximum Gasteiger partial charge on any atom is 0.115 e. The summed E-state index contributed by atoms with van der Waals surface area (Å²) in [6.07, 6.45) is 3.04. The van der Waals surface area contributed by atoms with Crippen molar-refractivity contribution in [3.8, 4) is 5.75 Å². The van der Waals surface area contributed by atoms with E-state index in [0.717, 1.165) is 18.7 Å². The van der Waals surface area contributed by atoms with Gasteiger partial charge in [-0.3, -0.25) is 0 Å². The first-order chi connectivity index (χ1) is 9.33. The van der Waals surface area contributed by atoms with Crippen LogP contribution >= 0.6 is 0 Å². The van der Waals surface area contributed by atoms with Gasteiger partial charge >= 0.3 is 0 Å². The van der Waals surface area contributed by atoms with Gasteiger partial charge in [0.15, 0.2) is 0 Å². The Morgan fingerprint density at radius 1 is 1.00 bits per heavy atom. The maximum atomic E-state index is 9.22. The van der Waals surface area contributed by atoms with Crippen LogP contribution < -0.4 is 5.32 Å². The molecule has 0 aliphatic rings. The topological polar surface area (TPSA) is 48.0 Å². The summed E-state index contributed by atoms with van der Waals surface area (Å²) >= 11 is 0. The molecular weight excluding hydrogens is 236 g/mol. The van der Waals surface area contributed by atoms with Gasteiger partial charge in [0.1, 0.15) is 5.75 Å². The minimum absolute atomic E-state index is 0.294. The molecule has 0 spiro atoms. The van der Waals surface area contributed by atoms with Gasteiger partial charge in [0.25, 0.3) is 0 Å². The molecule has 0 aliphatic heterocycles. The van der Waals surface area contributed by atoms with Crippen molar-refractivity contribution in [1.29, 1.82) is 0 Å². The van der Waals surface area contributed by atoms with Crippen LogP contribution in [0.2, 0.25) is 0 Å². The average Bonchev–Trinajstić information content (AvgIpc) is 2.85. The lowest BCUT2D eigenvalue weighted by atomic mass is 10.1. The number of nitrogens with one attached hydrogen (secondary N) is 2. The zero-order valence-corrected chi connectivity index (χ0v) is 10.6. The summed E-state index contributed by atoms with van der Waals surface area (Å²) in [5.41, 5.74) is 3.53. The first kappa shape index (κ1) is 11.7. The number of fused-ring (bicyclic) bond motifs is 1. The van der Waals surface area contributed by atoms with E-state index in [1.807, 2.05) is 18.2 Å². The molecule has 3 aromatic rings. The first-order valence-corrected chi connectivity index (χ1v) is 6.41. The SMILES string of the molecule is Oc1ccc(NCCc2c[nH]c3ccccc23)cc1. The largest absolute Gasteiger partial charge is 0.508 e. The fourth-order valence-electron chi connectivity index (χ4n) is 2.26. The second kappa shape index (κ2) is 5.06. The van der Waals surface area contributed by atoms with Gasteiger partial charge in [0.2, 0.25) is 0 Å².